The van der Waals surface area contributed by atoms with Gasteiger partial charge in [0.2, 0.25) is 0 Å². The minimum atomic E-state index is -2.58. The maximum atomic E-state index is 10.4. The summed E-state index contributed by atoms with van der Waals surface area (Å²) in [6.07, 6.45) is -9.86. The van der Waals surface area contributed by atoms with Gasteiger partial charge < -0.3 is 39.5 Å². The Bertz CT molecular complexity index is 296. The minimum Gasteiger partial charge on any atom is -0.532 e. The molecule has 0 bridgehead atoms. The molecule has 0 heterocycles. The van der Waals surface area contributed by atoms with E-state index in [-0.39, 0.29) is 59.1 Å². The van der Waals surface area contributed by atoms with Gasteiger partial charge in [0, 0.05) is 0 Å². The quantitative estimate of drug-likeness (QED) is 0.364. The maximum absolute atomic E-state index is 10.4. The van der Waals surface area contributed by atoms with Crippen molar-refractivity contribution in [2.75, 3.05) is 0 Å². The number of carboxylic acid groups (broad SMARTS) is 4. The largest absolute Gasteiger partial charge is 1.00 e. The molecular weight excluding hydrogens is 278 g/mol. The smallest absolute Gasteiger partial charge is 0.532 e. The van der Waals surface area contributed by atoms with Crippen LogP contribution in [0.5, 0.6) is 0 Å². The Morgan fingerprint density at radius 3 is 1.11 bits per heavy atom. The molecule has 0 amide bonds. The van der Waals surface area contributed by atoms with Crippen LogP contribution in [0.2, 0.25) is 0 Å². The van der Waals surface area contributed by atoms with E-state index >= 15 is 0 Å². The molecule has 0 radical (unpaired) electrons. The molecule has 2 atom stereocenters. The van der Waals surface area contributed by atoms with Gasteiger partial charge in [0.1, 0.15) is 0 Å². The van der Waals surface area contributed by atoms with Crippen molar-refractivity contribution in [2.24, 2.45) is 0 Å². The molecule has 0 aromatic carbocycles. The summed E-state index contributed by atoms with van der Waals surface area (Å²) in [5.74, 6) is -4.12. The molecule has 10 nitrogen and oxygen atoms in total. The van der Waals surface area contributed by atoms with E-state index in [1.165, 1.54) is 0 Å². The number of carbonyl (C=O) groups excluding carboxylic acids is 2. The van der Waals surface area contributed by atoms with Gasteiger partial charge in [0.15, 0.2) is 12.2 Å². The Hall–Kier alpha value is -0.520. The molecule has 0 aromatic heterocycles. The van der Waals surface area contributed by atoms with Crippen LogP contribution in [0.25, 0.3) is 0 Å². The van der Waals surface area contributed by atoms with Crippen molar-refractivity contribution in [3.63, 3.8) is 0 Å². The van der Waals surface area contributed by atoms with E-state index in [2.05, 4.69) is 9.47 Å². The van der Waals surface area contributed by atoms with E-state index in [0.717, 1.165) is 0 Å². The fourth-order valence-corrected chi connectivity index (χ4v) is 0.691. The van der Waals surface area contributed by atoms with E-state index < -0.39 is 36.5 Å². The summed E-state index contributed by atoms with van der Waals surface area (Å²) in [5, 5.41) is 36.6. The van der Waals surface area contributed by atoms with E-state index in [1.54, 1.807) is 0 Å². The van der Waals surface area contributed by atoms with E-state index in [0.29, 0.717) is 0 Å². The van der Waals surface area contributed by atoms with Crippen LogP contribution >= 0.6 is 0 Å². The SMILES string of the molecule is O=C([O-])OC(C(=O)O)C(OC(=O)[O-])C(=O)O.[Na+].[Na+]. The van der Waals surface area contributed by atoms with Gasteiger partial charge in [0.05, 0.1) is 0 Å². The molecule has 0 fully saturated rings. The van der Waals surface area contributed by atoms with E-state index in [1.807, 2.05) is 0 Å². The summed E-state index contributed by atoms with van der Waals surface area (Å²) >= 11 is 0. The number of carbonyl (C=O) groups is 4. The zero-order valence-electron chi connectivity index (χ0n) is 9.32. The van der Waals surface area contributed by atoms with Crippen LogP contribution < -0.4 is 69.3 Å². The van der Waals surface area contributed by atoms with Crippen LogP contribution in [0.4, 0.5) is 9.59 Å². The molecule has 2 N–H and O–H groups in total. The van der Waals surface area contributed by atoms with Gasteiger partial charge in [-0.2, -0.15) is 0 Å². The maximum Gasteiger partial charge on any atom is 1.00 e. The molecule has 90 valence electrons. The van der Waals surface area contributed by atoms with Crippen LogP contribution in [0.15, 0.2) is 0 Å². The van der Waals surface area contributed by atoms with Crippen LogP contribution in [0.3, 0.4) is 0 Å². The van der Waals surface area contributed by atoms with Gasteiger partial charge in [-0.3, -0.25) is 0 Å². The molecule has 0 rings (SSSR count). The van der Waals surface area contributed by atoms with Crippen molar-refractivity contribution in [2.45, 2.75) is 12.2 Å². The number of hydrogen-bond donors (Lipinski definition) is 2. The average molecular weight is 282 g/mol. The molecule has 18 heavy (non-hydrogen) atoms. The Kier molecular flexibility index (Phi) is 13.1. The predicted octanol–water partition coefficient (Wildman–Crippen LogP) is -9.38. The standard InChI is InChI=1S/C6H6O10.2Na/c7-3(8)1(15-5(11)12)2(4(9)10)16-6(13)14;;/h1-2H,(H,7,8)(H,9,10)(H,11,12)(H,13,14);;/q;2*+1/p-2. The second-order valence-electron chi connectivity index (χ2n) is 2.25. The average Bonchev–Trinajstić information content (AvgIpc) is 2.09. The van der Waals surface area contributed by atoms with Gasteiger partial charge in [-0.25, -0.2) is 9.59 Å². The molecule has 0 saturated heterocycles. The van der Waals surface area contributed by atoms with Crippen molar-refractivity contribution in [1.82, 2.24) is 0 Å². The fourth-order valence-electron chi connectivity index (χ4n) is 0.691. The summed E-state index contributed by atoms with van der Waals surface area (Å²) in [7, 11) is 0. The zero-order chi connectivity index (χ0) is 12.9. The number of carboxylic acids is 2. The van der Waals surface area contributed by atoms with Crippen molar-refractivity contribution in [3.8, 4) is 0 Å². The third-order valence-electron chi connectivity index (χ3n) is 1.21. The molecule has 2 unspecified atom stereocenters. The number of ether oxygens (including phenoxy) is 2. The van der Waals surface area contributed by atoms with Crippen LogP contribution in [-0.4, -0.2) is 46.7 Å². The summed E-state index contributed by atoms with van der Waals surface area (Å²) in [6.45, 7) is 0. The van der Waals surface area contributed by atoms with Gasteiger partial charge >= 0.3 is 71.1 Å². The van der Waals surface area contributed by atoms with Gasteiger partial charge in [0.25, 0.3) is 12.3 Å². The Morgan fingerprint density at radius 2 is 1.00 bits per heavy atom. The molecule has 0 aliphatic carbocycles. The zero-order valence-corrected chi connectivity index (χ0v) is 13.3. The Balaban J connectivity index is -0.00000112. The summed E-state index contributed by atoms with van der Waals surface area (Å²) < 4.78 is 7.09. The van der Waals surface area contributed by atoms with Crippen molar-refractivity contribution in [1.29, 1.82) is 0 Å². The third-order valence-corrected chi connectivity index (χ3v) is 1.21. The molecule has 12 heteroatoms. The van der Waals surface area contributed by atoms with Gasteiger partial charge in [-0.15, -0.1) is 0 Å². The number of hydrogen-bond acceptors (Lipinski definition) is 8. The van der Waals surface area contributed by atoms with Crippen molar-refractivity contribution >= 4 is 24.2 Å². The third kappa shape index (κ3) is 8.55. The van der Waals surface area contributed by atoms with Gasteiger partial charge in [-0.1, -0.05) is 0 Å². The van der Waals surface area contributed by atoms with Crippen LogP contribution in [-0.2, 0) is 19.1 Å². The first-order valence-electron chi connectivity index (χ1n) is 3.46. The molecule has 0 aliphatic rings. The molecule has 0 saturated carbocycles. The molecule has 0 spiro atoms. The molecular formula is C6H4Na2O10. The second kappa shape index (κ2) is 10.4. The summed E-state index contributed by atoms with van der Waals surface area (Å²) in [6, 6.07) is 0. The monoisotopic (exact) mass is 282 g/mol. The molecule has 0 aromatic rings. The topological polar surface area (TPSA) is 173 Å². The first kappa shape index (κ1) is 22.6. The van der Waals surface area contributed by atoms with Crippen LogP contribution in [0, 0.1) is 0 Å². The van der Waals surface area contributed by atoms with Crippen molar-refractivity contribution < 1.29 is 108 Å². The first-order chi connectivity index (χ1) is 7.25. The fraction of sp³-hybridized carbons (Fsp3) is 0.333. The first-order valence-corrected chi connectivity index (χ1v) is 3.46. The van der Waals surface area contributed by atoms with Crippen molar-refractivity contribution in [3.05, 3.63) is 0 Å². The number of aliphatic carboxylic acids is 2. The Labute approximate surface area is 143 Å². The van der Waals surface area contributed by atoms with Gasteiger partial charge in [-0.05, 0) is 0 Å². The predicted molar refractivity (Wildman–Crippen MR) is 35.8 cm³/mol. The van der Waals surface area contributed by atoms with Crippen LogP contribution in [0.1, 0.15) is 0 Å². The summed E-state index contributed by atoms with van der Waals surface area (Å²) in [5.41, 5.74) is 0. The second-order valence-corrected chi connectivity index (χ2v) is 2.25. The normalized spacial score (nSPS) is 11.8. The molecule has 0 aliphatic heterocycles. The Morgan fingerprint density at radius 1 is 0.778 bits per heavy atom. The summed E-state index contributed by atoms with van der Waals surface area (Å²) in [4.78, 5) is 40.6. The minimum absolute atomic E-state index is 0. The van der Waals surface area contributed by atoms with E-state index in [4.69, 9.17) is 10.2 Å². The number of rotatable bonds is 5. The van der Waals surface area contributed by atoms with E-state index in [9.17, 15) is 29.4 Å².